The molecule has 0 aliphatic heterocycles. The molecule has 1 atom stereocenters. The zero-order valence-electron chi connectivity index (χ0n) is 9.70. The molecule has 100 valence electrons. The molecule has 0 spiro atoms. The third kappa shape index (κ3) is 3.30. The summed E-state index contributed by atoms with van der Waals surface area (Å²) in [4.78, 5) is 0.205. The van der Waals surface area contributed by atoms with Crippen LogP contribution in [0.3, 0.4) is 0 Å². The van der Waals surface area contributed by atoms with Gasteiger partial charge in [-0.2, -0.15) is 0 Å². The molecular formula is C13H10ClF2NOS. The van der Waals surface area contributed by atoms with Gasteiger partial charge in [0.2, 0.25) is 0 Å². The summed E-state index contributed by atoms with van der Waals surface area (Å²) in [6, 6.07) is 7.84. The van der Waals surface area contributed by atoms with Gasteiger partial charge < -0.3 is 5.73 Å². The second kappa shape index (κ2) is 5.67. The van der Waals surface area contributed by atoms with Crippen molar-refractivity contribution in [2.75, 3.05) is 5.73 Å². The molecule has 0 bridgehead atoms. The molecule has 0 aliphatic carbocycles. The smallest absolute Gasteiger partial charge is 0.128 e. The second-order valence-electron chi connectivity index (χ2n) is 3.91. The van der Waals surface area contributed by atoms with E-state index in [1.54, 1.807) is 0 Å². The fourth-order valence-electron chi connectivity index (χ4n) is 1.60. The van der Waals surface area contributed by atoms with Crippen molar-refractivity contribution in [1.82, 2.24) is 0 Å². The van der Waals surface area contributed by atoms with Crippen molar-refractivity contribution >= 4 is 28.1 Å². The maximum Gasteiger partial charge on any atom is 0.128 e. The minimum Gasteiger partial charge on any atom is -0.399 e. The summed E-state index contributed by atoms with van der Waals surface area (Å²) in [7, 11) is -1.62. The SMILES string of the molecule is Nc1cc(F)cc(S(=O)Cc2c(F)cccc2Cl)c1. The van der Waals surface area contributed by atoms with Crippen LogP contribution in [-0.2, 0) is 16.6 Å². The molecule has 6 heteroatoms. The van der Waals surface area contributed by atoms with E-state index in [9.17, 15) is 13.0 Å². The van der Waals surface area contributed by atoms with Crippen LogP contribution in [0, 0.1) is 11.6 Å². The molecule has 2 aromatic rings. The van der Waals surface area contributed by atoms with Gasteiger partial charge in [0.15, 0.2) is 0 Å². The van der Waals surface area contributed by atoms with Crippen molar-refractivity contribution in [2.24, 2.45) is 0 Å². The summed E-state index contributed by atoms with van der Waals surface area (Å²) < 4.78 is 38.8. The van der Waals surface area contributed by atoms with Gasteiger partial charge in [0.1, 0.15) is 11.6 Å². The highest BCUT2D eigenvalue weighted by atomic mass is 35.5. The Morgan fingerprint density at radius 3 is 2.58 bits per heavy atom. The van der Waals surface area contributed by atoms with E-state index < -0.39 is 22.4 Å². The Labute approximate surface area is 116 Å². The third-order valence-corrected chi connectivity index (χ3v) is 4.16. The average molecular weight is 302 g/mol. The summed E-state index contributed by atoms with van der Waals surface area (Å²) in [5.41, 5.74) is 5.79. The summed E-state index contributed by atoms with van der Waals surface area (Å²) in [5.74, 6) is -1.25. The van der Waals surface area contributed by atoms with Gasteiger partial charge in [-0.15, -0.1) is 0 Å². The molecule has 19 heavy (non-hydrogen) atoms. The highest BCUT2D eigenvalue weighted by molar-refractivity contribution is 7.84. The molecule has 0 aliphatic rings. The Morgan fingerprint density at radius 2 is 1.95 bits per heavy atom. The van der Waals surface area contributed by atoms with Crippen LogP contribution in [0.4, 0.5) is 14.5 Å². The van der Waals surface area contributed by atoms with Crippen LogP contribution in [0.25, 0.3) is 0 Å². The first-order valence-electron chi connectivity index (χ1n) is 5.34. The van der Waals surface area contributed by atoms with Gasteiger partial charge >= 0.3 is 0 Å². The first-order valence-corrected chi connectivity index (χ1v) is 7.04. The van der Waals surface area contributed by atoms with Crippen LogP contribution >= 0.6 is 11.6 Å². The maximum atomic E-state index is 13.6. The van der Waals surface area contributed by atoms with Gasteiger partial charge in [0.25, 0.3) is 0 Å². The van der Waals surface area contributed by atoms with E-state index in [4.69, 9.17) is 17.3 Å². The quantitative estimate of drug-likeness (QED) is 0.882. The molecule has 0 radical (unpaired) electrons. The van der Waals surface area contributed by atoms with E-state index in [1.165, 1.54) is 24.3 Å². The lowest BCUT2D eigenvalue weighted by Crippen LogP contribution is -2.01. The first-order chi connectivity index (χ1) is 8.97. The number of hydrogen-bond donors (Lipinski definition) is 1. The molecule has 2 nitrogen and oxygen atoms in total. The van der Waals surface area contributed by atoms with Crippen molar-refractivity contribution in [2.45, 2.75) is 10.6 Å². The van der Waals surface area contributed by atoms with Crippen molar-refractivity contribution in [1.29, 1.82) is 0 Å². The highest BCUT2D eigenvalue weighted by Gasteiger charge is 2.13. The molecule has 0 saturated heterocycles. The molecule has 2 rings (SSSR count). The number of benzene rings is 2. The summed E-state index contributed by atoms with van der Waals surface area (Å²) in [5, 5.41) is 0.192. The monoisotopic (exact) mass is 301 g/mol. The molecule has 0 fully saturated rings. The Morgan fingerprint density at radius 1 is 1.21 bits per heavy atom. The molecule has 0 aromatic heterocycles. The summed E-state index contributed by atoms with van der Waals surface area (Å²) >= 11 is 5.85. The maximum absolute atomic E-state index is 13.6. The summed E-state index contributed by atoms with van der Waals surface area (Å²) in [6.45, 7) is 0. The van der Waals surface area contributed by atoms with Gasteiger partial charge in [-0.25, -0.2) is 8.78 Å². The van der Waals surface area contributed by atoms with Crippen LogP contribution in [-0.4, -0.2) is 4.21 Å². The van der Waals surface area contributed by atoms with Crippen LogP contribution in [0.2, 0.25) is 5.02 Å². The summed E-state index contributed by atoms with van der Waals surface area (Å²) in [6.07, 6.45) is 0. The lowest BCUT2D eigenvalue weighted by molar-refractivity contribution is 0.614. The van der Waals surface area contributed by atoms with E-state index in [0.717, 1.165) is 12.1 Å². The topological polar surface area (TPSA) is 43.1 Å². The van der Waals surface area contributed by atoms with Crippen molar-refractivity contribution < 1.29 is 13.0 Å². The number of halogens is 3. The van der Waals surface area contributed by atoms with Crippen molar-refractivity contribution in [3.8, 4) is 0 Å². The van der Waals surface area contributed by atoms with E-state index >= 15 is 0 Å². The number of rotatable bonds is 3. The van der Waals surface area contributed by atoms with Crippen molar-refractivity contribution in [3.05, 3.63) is 58.6 Å². The Kier molecular flexibility index (Phi) is 4.17. The van der Waals surface area contributed by atoms with Gasteiger partial charge in [-0.3, -0.25) is 4.21 Å². The Hall–Kier alpha value is -1.46. The highest BCUT2D eigenvalue weighted by Crippen LogP contribution is 2.23. The van der Waals surface area contributed by atoms with Gasteiger partial charge in [0.05, 0.1) is 16.6 Å². The fourth-order valence-corrected chi connectivity index (χ4v) is 3.14. The Balaban J connectivity index is 2.31. The lowest BCUT2D eigenvalue weighted by atomic mass is 10.2. The van der Waals surface area contributed by atoms with Gasteiger partial charge in [0, 0.05) is 21.2 Å². The minimum absolute atomic E-state index is 0.131. The molecule has 2 N–H and O–H groups in total. The number of nitrogen functional groups attached to an aromatic ring is 1. The number of anilines is 1. The van der Waals surface area contributed by atoms with Crippen LogP contribution in [0.5, 0.6) is 0 Å². The van der Waals surface area contributed by atoms with Crippen LogP contribution in [0.15, 0.2) is 41.3 Å². The fraction of sp³-hybridized carbons (Fsp3) is 0.0769. The molecule has 1 unspecified atom stereocenters. The first kappa shape index (κ1) is 14.0. The van der Waals surface area contributed by atoms with E-state index in [2.05, 4.69) is 0 Å². The molecular weight excluding hydrogens is 292 g/mol. The molecule has 2 aromatic carbocycles. The molecule has 0 amide bonds. The van der Waals surface area contributed by atoms with E-state index in [0.29, 0.717) is 0 Å². The standard InChI is InChI=1S/C13H10ClF2NOS/c14-12-2-1-3-13(16)11(12)7-19(18)10-5-8(15)4-9(17)6-10/h1-6H,7,17H2. The molecule has 0 heterocycles. The average Bonchev–Trinajstić information content (AvgIpc) is 2.32. The van der Waals surface area contributed by atoms with E-state index in [1.807, 2.05) is 0 Å². The van der Waals surface area contributed by atoms with Gasteiger partial charge in [-0.1, -0.05) is 17.7 Å². The molecule has 0 saturated carbocycles. The number of hydrogen-bond acceptors (Lipinski definition) is 2. The zero-order chi connectivity index (χ0) is 14.0. The normalized spacial score (nSPS) is 12.4. The zero-order valence-corrected chi connectivity index (χ0v) is 11.3. The lowest BCUT2D eigenvalue weighted by Gasteiger charge is -2.07. The van der Waals surface area contributed by atoms with Crippen molar-refractivity contribution in [3.63, 3.8) is 0 Å². The predicted octanol–water partition coefficient (Wildman–Crippen LogP) is 3.51. The third-order valence-electron chi connectivity index (χ3n) is 2.49. The van der Waals surface area contributed by atoms with Gasteiger partial charge in [-0.05, 0) is 30.3 Å². The van der Waals surface area contributed by atoms with Crippen LogP contribution in [0.1, 0.15) is 5.56 Å². The van der Waals surface area contributed by atoms with Crippen LogP contribution < -0.4 is 5.73 Å². The number of nitrogens with two attached hydrogens (primary N) is 1. The van der Waals surface area contributed by atoms with E-state index in [-0.39, 0.29) is 26.9 Å². The minimum atomic E-state index is -1.62. The second-order valence-corrected chi connectivity index (χ2v) is 5.77. The predicted molar refractivity (Wildman–Crippen MR) is 72.3 cm³/mol. The Bertz CT molecular complexity index is 608. The largest absolute Gasteiger partial charge is 0.399 e.